The first-order valence-electron chi connectivity index (χ1n) is 13.2. The Morgan fingerprint density at radius 1 is 1.26 bits per heavy atom. The number of hydrogen-bond acceptors (Lipinski definition) is 4. The average Bonchev–Trinajstić information content (AvgIpc) is 3.27. The third kappa shape index (κ3) is 9.19. The Morgan fingerprint density at radius 2 is 2.00 bits per heavy atom. The first-order chi connectivity index (χ1) is 16.6. The van der Waals surface area contributed by atoms with Crippen LogP contribution in [0.4, 0.5) is 0 Å². The van der Waals surface area contributed by atoms with E-state index in [-0.39, 0.29) is 11.7 Å². The van der Waals surface area contributed by atoms with E-state index in [4.69, 9.17) is 4.74 Å². The van der Waals surface area contributed by atoms with Gasteiger partial charge in [-0.2, -0.15) is 0 Å². The number of cyclic esters (lactones) is 1. The van der Waals surface area contributed by atoms with Crippen LogP contribution in [0.1, 0.15) is 86.5 Å². The van der Waals surface area contributed by atoms with Crippen LogP contribution in [0.5, 0.6) is 0 Å². The molecule has 0 unspecified atom stereocenters. The summed E-state index contributed by atoms with van der Waals surface area (Å²) in [7, 11) is 0. The fourth-order valence-electron chi connectivity index (χ4n) is 4.34. The lowest BCUT2D eigenvalue weighted by atomic mass is 10.0. The standard InChI is InChI=1S/C30H45NO4/c1-7-21(2)20-31-18-17-26(29(31)33)16-10-14-23(4)12-8-11-22(3)13-9-15-24(5)19-27-28(32)25(6)30(34)35-27/h8,11-12,15,17,21-22,27,32H,7,9-10,13-14,16,18-20H2,1-6H3/b11-8+,23-12+,24-15-/t21-,22+,27-/m0/s1. The molecular formula is C30H45NO4. The predicted octanol–water partition coefficient (Wildman–Crippen LogP) is 6.98. The summed E-state index contributed by atoms with van der Waals surface area (Å²) in [6.07, 6.45) is 16.8. The van der Waals surface area contributed by atoms with Crippen LogP contribution in [0.25, 0.3) is 0 Å². The highest BCUT2D eigenvalue weighted by Gasteiger charge is 2.31. The second kappa shape index (κ2) is 14.1. The van der Waals surface area contributed by atoms with Gasteiger partial charge in [0.05, 0.1) is 5.57 Å². The van der Waals surface area contributed by atoms with Crippen molar-refractivity contribution in [3.05, 3.63) is 58.4 Å². The monoisotopic (exact) mass is 483 g/mol. The highest BCUT2D eigenvalue weighted by Crippen LogP contribution is 2.25. The van der Waals surface area contributed by atoms with Crippen molar-refractivity contribution in [2.45, 2.75) is 92.6 Å². The number of ether oxygens (including phenoxy) is 1. The van der Waals surface area contributed by atoms with Gasteiger partial charge in [0.15, 0.2) is 6.10 Å². The van der Waals surface area contributed by atoms with Crippen LogP contribution in [0, 0.1) is 11.8 Å². The molecule has 1 amide bonds. The molecule has 3 atom stereocenters. The summed E-state index contributed by atoms with van der Waals surface area (Å²) in [5.41, 5.74) is 3.76. The van der Waals surface area contributed by atoms with Gasteiger partial charge in [0.25, 0.3) is 0 Å². The molecule has 0 saturated carbocycles. The minimum absolute atomic E-state index is 0.0661. The Hall–Kier alpha value is -2.56. The third-order valence-electron chi connectivity index (χ3n) is 7.05. The zero-order chi connectivity index (χ0) is 26.0. The Bertz CT molecular complexity index is 905. The Labute approximate surface area is 212 Å². The van der Waals surface area contributed by atoms with E-state index in [1.165, 1.54) is 5.57 Å². The summed E-state index contributed by atoms with van der Waals surface area (Å²) in [5, 5.41) is 9.97. The molecule has 5 nitrogen and oxygen atoms in total. The largest absolute Gasteiger partial charge is 0.508 e. The molecule has 0 spiro atoms. The number of amides is 1. The predicted molar refractivity (Wildman–Crippen MR) is 143 cm³/mol. The quantitative estimate of drug-likeness (QED) is 0.164. The van der Waals surface area contributed by atoms with Crippen LogP contribution in [0.2, 0.25) is 0 Å². The van der Waals surface area contributed by atoms with Gasteiger partial charge in [-0.05, 0) is 64.7 Å². The molecule has 0 aliphatic carbocycles. The zero-order valence-corrected chi connectivity index (χ0v) is 22.6. The van der Waals surface area contributed by atoms with Crippen molar-refractivity contribution >= 4 is 11.9 Å². The number of carbonyl (C=O) groups is 2. The van der Waals surface area contributed by atoms with Crippen LogP contribution in [-0.2, 0) is 14.3 Å². The molecule has 0 aromatic heterocycles. The molecule has 0 aromatic rings. The van der Waals surface area contributed by atoms with Crippen molar-refractivity contribution in [1.82, 2.24) is 4.90 Å². The Balaban J connectivity index is 1.65. The molecular weight excluding hydrogens is 438 g/mol. The van der Waals surface area contributed by atoms with Crippen LogP contribution in [-0.4, -0.2) is 41.1 Å². The second-order valence-corrected chi connectivity index (χ2v) is 10.4. The van der Waals surface area contributed by atoms with Crippen LogP contribution in [0.15, 0.2) is 58.4 Å². The normalized spacial score (nSPS) is 21.3. The van der Waals surface area contributed by atoms with Gasteiger partial charge in [0.1, 0.15) is 5.76 Å². The molecule has 0 fully saturated rings. The molecule has 2 heterocycles. The summed E-state index contributed by atoms with van der Waals surface area (Å²) in [5.74, 6) is 0.894. The van der Waals surface area contributed by atoms with Crippen molar-refractivity contribution < 1.29 is 19.4 Å². The van der Waals surface area contributed by atoms with Gasteiger partial charge >= 0.3 is 5.97 Å². The maximum atomic E-state index is 12.5. The topological polar surface area (TPSA) is 66.8 Å². The summed E-state index contributed by atoms with van der Waals surface area (Å²) < 4.78 is 5.20. The molecule has 2 aliphatic rings. The number of aliphatic hydroxyl groups is 1. The number of aliphatic hydroxyl groups excluding tert-OH is 1. The third-order valence-corrected chi connectivity index (χ3v) is 7.05. The maximum Gasteiger partial charge on any atom is 0.338 e. The summed E-state index contributed by atoms with van der Waals surface area (Å²) in [6, 6.07) is 0. The van der Waals surface area contributed by atoms with Crippen LogP contribution >= 0.6 is 0 Å². The lowest BCUT2D eigenvalue weighted by Crippen LogP contribution is -2.31. The van der Waals surface area contributed by atoms with Crippen molar-refractivity contribution in [3.8, 4) is 0 Å². The van der Waals surface area contributed by atoms with Crippen molar-refractivity contribution in [3.63, 3.8) is 0 Å². The van der Waals surface area contributed by atoms with E-state index in [1.54, 1.807) is 6.92 Å². The Kier molecular flexibility index (Phi) is 11.6. The van der Waals surface area contributed by atoms with Gasteiger partial charge in [-0.3, -0.25) is 4.79 Å². The highest BCUT2D eigenvalue weighted by molar-refractivity contribution is 5.95. The van der Waals surface area contributed by atoms with Gasteiger partial charge in [-0.15, -0.1) is 0 Å². The smallest absolute Gasteiger partial charge is 0.338 e. The fraction of sp³-hybridized carbons (Fsp3) is 0.600. The molecule has 0 radical (unpaired) electrons. The van der Waals surface area contributed by atoms with E-state index in [0.717, 1.165) is 62.8 Å². The van der Waals surface area contributed by atoms with Gasteiger partial charge in [-0.25, -0.2) is 4.79 Å². The Morgan fingerprint density at radius 3 is 2.66 bits per heavy atom. The molecule has 2 rings (SSSR count). The van der Waals surface area contributed by atoms with Crippen molar-refractivity contribution in [2.24, 2.45) is 11.8 Å². The van der Waals surface area contributed by atoms with E-state index in [0.29, 0.717) is 23.8 Å². The number of esters is 1. The molecule has 0 aromatic carbocycles. The summed E-state index contributed by atoms with van der Waals surface area (Å²) in [4.78, 5) is 26.0. The number of carbonyl (C=O) groups excluding carboxylic acids is 2. The van der Waals surface area contributed by atoms with E-state index in [9.17, 15) is 14.7 Å². The van der Waals surface area contributed by atoms with E-state index >= 15 is 0 Å². The van der Waals surface area contributed by atoms with E-state index in [1.807, 2.05) is 11.8 Å². The minimum atomic E-state index is -0.532. The second-order valence-electron chi connectivity index (χ2n) is 10.4. The highest BCUT2D eigenvalue weighted by atomic mass is 16.6. The van der Waals surface area contributed by atoms with Gasteiger partial charge in [0, 0.05) is 25.1 Å². The van der Waals surface area contributed by atoms with Crippen molar-refractivity contribution in [2.75, 3.05) is 13.1 Å². The summed E-state index contributed by atoms with van der Waals surface area (Å²) >= 11 is 0. The van der Waals surface area contributed by atoms with Gasteiger partial charge in [-0.1, -0.05) is 68.7 Å². The number of allylic oxidation sites excluding steroid dienone is 5. The lowest BCUT2D eigenvalue weighted by molar-refractivity contribution is -0.140. The molecule has 1 N–H and O–H groups in total. The number of nitrogens with zero attached hydrogens (tertiary/aromatic N) is 1. The van der Waals surface area contributed by atoms with E-state index < -0.39 is 12.1 Å². The summed E-state index contributed by atoms with van der Waals surface area (Å²) in [6.45, 7) is 14.0. The van der Waals surface area contributed by atoms with Crippen molar-refractivity contribution in [1.29, 1.82) is 0 Å². The molecule has 35 heavy (non-hydrogen) atoms. The molecule has 0 saturated heterocycles. The number of rotatable bonds is 14. The lowest BCUT2D eigenvalue weighted by Gasteiger charge is -2.20. The minimum Gasteiger partial charge on any atom is -0.508 e. The first-order valence-corrected chi connectivity index (χ1v) is 13.2. The van der Waals surface area contributed by atoms with Gasteiger partial charge < -0.3 is 14.7 Å². The first kappa shape index (κ1) is 28.7. The fourth-order valence-corrected chi connectivity index (χ4v) is 4.34. The van der Waals surface area contributed by atoms with Crippen LogP contribution < -0.4 is 0 Å². The van der Waals surface area contributed by atoms with Gasteiger partial charge in [0.2, 0.25) is 5.91 Å². The number of hydrogen-bond donors (Lipinski definition) is 1. The van der Waals surface area contributed by atoms with Crippen LogP contribution in [0.3, 0.4) is 0 Å². The maximum absolute atomic E-state index is 12.5. The molecule has 194 valence electrons. The molecule has 0 bridgehead atoms. The molecule has 5 heteroatoms. The zero-order valence-electron chi connectivity index (χ0n) is 22.6. The SMILES string of the molecule is CC[C@H](C)CN1CC=C(CCC/C(C)=C/C=C/[C@@H](C)CC/C=C(/C)C[C@@H]2OC(=O)C(C)=C2O)C1=O. The van der Waals surface area contributed by atoms with E-state index in [2.05, 4.69) is 58.1 Å². The average molecular weight is 484 g/mol. The molecule has 2 aliphatic heterocycles.